The smallest absolute Gasteiger partial charge is 0.454 e. The van der Waals surface area contributed by atoms with Crippen molar-refractivity contribution >= 4 is 45.9 Å². The molecule has 2 aromatic rings. The number of carbonyl (C=O) groups excluding carboxylic acids is 3. The van der Waals surface area contributed by atoms with E-state index in [4.69, 9.17) is 4.74 Å². The van der Waals surface area contributed by atoms with Crippen LogP contribution in [0.5, 0.6) is 0 Å². The summed E-state index contributed by atoms with van der Waals surface area (Å²) in [5.41, 5.74) is -3.55. The van der Waals surface area contributed by atoms with Gasteiger partial charge in [0.05, 0.1) is 23.4 Å². The van der Waals surface area contributed by atoms with E-state index in [2.05, 4.69) is 10.3 Å². The lowest BCUT2D eigenvalue weighted by Crippen LogP contribution is -2.34. The number of esters is 1. The molecule has 0 aliphatic carbocycles. The zero-order valence-electron chi connectivity index (χ0n) is 17.3. The van der Waals surface area contributed by atoms with E-state index in [1.54, 1.807) is 6.26 Å². The number of halogens is 6. The molecule has 0 fully saturated rings. The van der Waals surface area contributed by atoms with Crippen molar-refractivity contribution in [2.24, 2.45) is 0 Å². The molecule has 0 aliphatic rings. The van der Waals surface area contributed by atoms with Crippen molar-refractivity contribution in [1.29, 1.82) is 0 Å². The number of hydrogen-bond acceptors (Lipinski definition) is 7. The van der Waals surface area contributed by atoms with Crippen LogP contribution >= 0.6 is 11.8 Å². The minimum absolute atomic E-state index is 0.0390. The molecule has 1 heterocycles. The summed E-state index contributed by atoms with van der Waals surface area (Å²) >= 11 is 1.32. The van der Waals surface area contributed by atoms with Crippen LogP contribution in [0.15, 0.2) is 24.4 Å². The summed E-state index contributed by atoms with van der Waals surface area (Å²) in [7, 11) is 0. The van der Waals surface area contributed by atoms with Crippen molar-refractivity contribution in [2.75, 3.05) is 23.9 Å². The van der Waals surface area contributed by atoms with Gasteiger partial charge in [0.25, 0.3) is 11.6 Å². The molecule has 1 aromatic heterocycles. The van der Waals surface area contributed by atoms with E-state index in [-0.39, 0.29) is 19.1 Å². The van der Waals surface area contributed by atoms with Crippen molar-refractivity contribution < 1.29 is 45.5 Å². The zero-order chi connectivity index (χ0) is 25.0. The number of carbonyl (C=O) groups is 3. The predicted molar refractivity (Wildman–Crippen MR) is 110 cm³/mol. The second-order valence-electron chi connectivity index (χ2n) is 6.63. The van der Waals surface area contributed by atoms with E-state index >= 15 is 0 Å². The highest BCUT2D eigenvalue weighted by Gasteiger charge is 2.44. The van der Waals surface area contributed by atoms with E-state index in [1.165, 1.54) is 24.8 Å². The molecule has 0 spiro atoms. The molecule has 0 aliphatic heterocycles. The summed E-state index contributed by atoms with van der Waals surface area (Å²) in [4.78, 5) is 40.2. The molecule has 1 unspecified atom stereocenters. The number of anilines is 1. The van der Waals surface area contributed by atoms with Gasteiger partial charge < -0.3 is 10.1 Å². The Morgan fingerprint density at radius 3 is 2.24 bits per heavy atom. The second kappa shape index (κ2) is 10.4. The van der Waals surface area contributed by atoms with Gasteiger partial charge in [-0.1, -0.05) is 6.07 Å². The lowest BCUT2D eigenvalue weighted by atomic mass is 9.95. The Kier molecular flexibility index (Phi) is 8.33. The molecule has 1 N–H and O–H groups in total. The largest absolute Gasteiger partial charge is 0.464 e. The Labute approximate surface area is 188 Å². The van der Waals surface area contributed by atoms with Gasteiger partial charge in [-0.15, -0.1) is 0 Å². The van der Waals surface area contributed by atoms with E-state index < -0.39 is 63.6 Å². The van der Waals surface area contributed by atoms with Gasteiger partial charge in [0.2, 0.25) is 0 Å². The fourth-order valence-electron chi connectivity index (χ4n) is 2.96. The maximum Gasteiger partial charge on any atom is 0.454 e. The van der Waals surface area contributed by atoms with Gasteiger partial charge in [-0.05, 0) is 37.5 Å². The van der Waals surface area contributed by atoms with E-state index in [9.17, 15) is 40.7 Å². The van der Waals surface area contributed by atoms with Gasteiger partial charge in [-0.2, -0.15) is 38.1 Å². The van der Waals surface area contributed by atoms with Crippen LogP contribution in [0.3, 0.4) is 0 Å². The topological polar surface area (TPSA) is 85.4 Å². The standard InChI is InChI=1S/C20H18F6N2O4S/c1-3-32-18(31)13(6-8-33-2)28-15-12(17(30)20(24,25)26)9-11(16(29)19(21,22)23)10-5-4-7-27-14(10)15/h4-5,7,9,13,28H,3,6,8H2,1-2H3. The van der Waals surface area contributed by atoms with Crippen LogP contribution in [-0.4, -0.2) is 59.5 Å². The highest BCUT2D eigenvalue weighted by atomic mass is 32.2. The molecular formula is C20H18F6N2O4S. The first kappa shape index (κ1) is 26.4. The number of thioether (sulfide) groups is 1. The molecule has 1 atom stereocenters. The van der Waals surface area contributed by atoms with Crippen molar-refractivity contribution in [3.63, 3.8) is 0 Å². The lowest BCUT2D eigenvalue weighted by Gasteiger charge is -2.22. The summed E-state index contributed by atoms with van der Waals surface area (Å²) in [5.74, 6) is -5.40. The third kappa shape index (κ3) is 6.15. The van der Waals surface area contributed by atoms with Crippen LogP contribution in [0.25, 0.3) is 10.9 Å². The maximum atomic E-state index is 13.3. The highest BCUT2D eigenvalue weighted by molar-refractivity contribution is 7.98. The molecule has 6 nitrogen and oxygen atoms in total. The molecule has 0 saturated heterocycles. The number of benzene rings is 1. The highest BCUT2D eigenvalue weighted by Crippen LogP contribution is 2.36. The number of Topliss-reactive ketones (excluding diaryl/α,β-unsaturated/α-hetero) is 2. The number of ketones is 2. The number of nitrogens with zero attached hydrogens (tertiary/aromatic N) is 1. The molecule has 0 bridgehead atoms. The average Bonchev–Trinajstić information content (AvgIpc) is 2.74. The van der Waals surface area contributed by atoms with E-state index in [0.717, 1.165) is 12.3 Å². The predicted octanol–water partition coefficient (Wildman–Crippen LogP) is 4.82. The monoisotopic (exact) mass is 496 g/mol. The molecule has 1 aromatic carbocycles. The fraction of sp³-hybridized carbons (Fsp3) is 0.400. The number of pyridine rings is 1. The van der Waals surface area contributed by atoms with Crippen LogP contribution in [-0.2, 0) is 9.53 Å². The maximum absolute atomic E-state index is 13.3. The number of fused-ring (bicyclic) bond motifs is 1. The average molecular weight is 496 g/mol. The Morgan fingerprint density at radius 1 is 1.09 bits per heavy atom. The Balaban J connectivity index is 2.82. The quantitative estimate of drug-likeness (QED) is 0.303. The molecule has 0 saturated carbocycles. The van der Waals surface area contributed by atoms with Crippen molar-refractivity contribution in [2.45, 2.75) is 31.7 Å². The summed E-state index contributed by atoms with van der Waals surface area (Å²) in [6.07, 6.45) is -8.04. The van der Waals surface area contributed by atoms with Gasteiger partial charge in [-0.3, -0.25) is 14.6 Å². The van der Waals surface area contributed by atoms with Crippen LogP contribution in [0, 0.1) is 0 Å². The number of rotatable bonds is 9. The Bertz CT molecular complexity index is 1060. The number of hydrogen-bond donors (Lipinski definition) is 1. The first-order valence-electron chi connectivity index (χ1n) is 9.39. The Morgan fingerprint density at radius 2 is 1.70 bits per heavy atom. The van der Waals surface area contributed by atoms with Crippen LogP contribution < -0.4 is 5.32 Å². The first-order chi connectivity index (χ1) is 15.3. The van der Waals surface area contributed by atoms with E-state index in [0.29, 0.717) is 5.75 Å². The third-order valence-electron chi connectivity index (χ3n) is 4.40. The molecular weight excluding hydrogens is 478 g/mol. The molecule has 180 valence electrons. The number of nitrogens with one attached hydrogen (secondary N) is 1. The van der Waals surface area contributed by atoms with Gasteiger partial charge in [0.15, 0.2) is 0 Å². The molecule has 33 heavy (non-hydrogen) atoms. The Hall–Kier alpha value is -2.83. The molecule has 0 amide bonds. The van der Waals surface area contributed by atoms with Crippen LogP contribution in [0.2, 0.25) is 0 Å². The van der Waals surface area contributed by atoms with Crippen molar-refractivity contribution in [1.82, 2.24) is 4.98 Å². The summed E-state index contributed by atoms with van der Waals surface area (Å²) in [6, 6.07) is 1.23. The summed E-state index contributed by atoms with van der Waals surface area (Å²) < 4.78 is 84.2. The van der Waals surface area contributed by atoms with Gasteiger partial charge in [0, 0.05) is 17.1 Å². The van der Waals surface area contributed by atoms with Crippen molar-refractivity contribution in [3.8, 4) is 0 Å². The first-order valence-corrected chi connectivity index (χ1v) is 10.8. The van der Waals surface area contributed by atoms with Crippen molar-refractivity contribution in [3.05, 3.63) is 35.5 Å². The van der Waals surface area contributed by atoms with Gasteiger partial charge in [-0.25, -0.2) is 4.79 Å². The zero-order valence-corrected chi connectivity index (χ0v) is 18.1. The number of aromatic nitrogens is 1. The van der Waals surface area contributed by atoms with E-state index in [1.807, 2.05) is 0 Å². The minimum Gasteiger partial charge on any atom is -0.464 e. The van der Waals surface area contributed by atoms with Crippen LogP contribution in [0.4, 0.5) is 32.0 Å². The third-order valence-corrected chi connectivity index (χ3v) is 5.04. The number of ether oxygens (including phenoxy) is 1. The van der Waals surface area contributed by atoms with Crippen LogP contribution in [0.1, 0.15) is 34.1 Å². The van der Waals surface area contributed by atoms with Gasteiger partial charge >= 0.3 is 18.3 Å². The van der Waals surface area contributed by atoms with Gasteiger partial charge in [0.1, 0.15) is 6.04 Å². The fourth-order valence-corrected chi connectivity index (χ4v) is 3.44. The normalized spacial score (nSPS) is 13.0. The summed E-state index contributed by atoms with van der Waals surface area (Å²) in [6.45, 7) is 1.47. The molecule has 0 radical (unpaired) electrons. The SMILES string of the molecule is CCOC(=O)C(CCSC)Nc1c(C(=O)C(F)(F)F)cc(C(=O)C(F)(F)F)c2cccnc12. The molecule has 2 rings (SSSR count). The second-order valence-corrected chi connectivity index (χ2v) is 7.62. The molecule has 13 heteroatoms. The lowest BCUT2D eigenvalue weighted by molar-refractivity contribution is -0.144. The minimum atomic E-state index is -5.48. The summed E-state index contributed by atoms with van der Waals surface area (Å²) in [5, 5.41) is 2.07. The number of alkyl halides is 6.